The fourth-order valence-electron chi connectivity index (χ4n) is 2.98. The predicted molar refractivity (Wildman–Crippen MR) is 102 cm³/mol. The van der Waals surface area contributed by atoms with Crippen LogP contribution in [0.1, 0.15) is 30.5 Å². The van der Waals surface area contributed by atoms with Crippen molar-refractivity contribution in [2.45, 2.75) is 39.8 Å². The monoisotopic (exact) mass is 339 g/mol. The van der Waals surface area contributed by atoms with Crippen LogP contribution in [-0.2, 0) is 13.0 Å². The Morgan fingerprint density at radius 1 is 1.36 bits per heavy atom. The number of aryl methyl sites for hydroxylation is 1. The van der Waals surface area contributed by atoms with Gasteiger partial charge in [0.2, 0.25) is 0 Å². The van der Waals surface area contributed by atoms with Crippen LogP contribution in [0.15, 0.2) is 41.4 Å². The van der Waals surface area contributed by atoms with Crippen molar-refractivity contribution in [3.63, 3.8) is 0 Å². The Bertz CT molecular complexity index is 787. The van der Waals surface area contributed by atoms with Crippen LogP contribution in [0.25, 0.3) is 0 Å². The fourth-order valence-corrected chi connectivity index (χ4v) is 2.98. The van der Waals surface area contributed by atoms with E-state index in [4.69, 9.17) is 15.2 Å². The molecule has 0 saturated heterocycles. The van der Waals surface area contributed by atoms with Gasteiger partial charge in [-0.1, -0.05) is 12.1 Å². The number of aliphatic imine (C=N–C) groups is 1. The van der Waals surface area contributed by atoms with Crippen molar-refractivity contribution < 1.29 is 9.47 Å². The normalized spacial score (nSPS) is 16.3. The highest BCUT2D eigenvalue weighted by Crippen LogP contribution is 2.35. The van der Waals surface area contributed by atoms with Gasteiger partial charge in [-0.05, 0) is 50.6 Å². The van der Waals surface area contributed by atoms with Crippen LogP contribution >= 0.6 is 0 Å². The first-order valence-electron chi connectivity index (χ1n) is 8.64. The number of rotatable bonds is 5. The van der Waals surface area contributed by atoms with Gasteiger partial charge in [0, 0.05) is 23.2 Å². The zero-order valence-electron chi connectivity index (χ0n) is 15.0. The average Bonchev–Trinajstić information content (AvgIpc) is 2.92. The Hall–Kier alpha value is -2.69. The zero-order chi connectivity index (χ0) is 17.8. The number of hydrogen-bond donors (Lipinski definition) is 2. The molecule has 0 radical (unpaired) electrons. The summed E-state index contributed by atoms with van der Waals surface area (Å²) in [7, 11) is 0. The van der Waals surface area contributed by atoms with E-state index >= 15 is 0 Å². The Morgan fingerprint density at radius 2 is 2.20 bits per heavy atom. The second-order valence-corrected chi connectivity index (χ2v) is 6.33. The molecule has 2 aromatic rings. The van der Waals surface area contributed by atoms with Crippen LogP contribution in [-0.4, -0.2) is 18.7 Å². The maximum Gasteiger partial charge on any atom is 0.193 e. The minimum absolute atomic E-state index is 0.205. The number of nitrogens with one attached hydrogen (secondary N) is 1. The molecule has 1 aliphatic heterocycles. The van der Waals surface area contributed by atoms with Crippen molar-refractivity contribution in [2.75, 3.05) is 11.9 Å². The Morgan fingerprint density at radius 3 is 2.96 bits per heavy atom. The fraction of sp³-hybridized carbons (Fsp3) is 0.350. The average molecular weight is 339 g/mol. The first-order chi connectivity index (χ1) is 12.0. The maximum absolute atomic E-state index is 6.03. The van der Waals surface area contributed by atoms with Crippen molar-refractivity contribution in [3.8, 4) is 11.5 Å². The highest BCUT2D eigenvalue weighted by Gasteiger charge is 2.21. The number of guanidine groups is 1. The Kier molecular flexibility index (Phi) is 5.12. The number of ether oxygens (including phenoxy) is 2. The minimum Gasteiger partial charge on any atom is -0.494 e. The van der Waals surface area contributed by atoms with E-state index in [1.165, 1.54) is 11.1 Å². The molecule has 1 atom stereocenters. The van der Waals surface area contributed by atoms with E-state index in [0.29, 0.717) is 19.1 Å². The molecular weight excluding hydrogens is 314 g/mol. The molecule has 5 heteroatoms. The summed E-state index contributed by atoms with van der Waals surface area (Å²) in [4.78, 5) is 4.45. The van der Waals surface area contributed by atoms with Gasteiger partial charge in [0.1, 0.15) is 17.6 Å². The van der Waals surface area contributed by atoms with Crippen molar-refractivity contribution in [3.05, 3.63) is 53.1 Å². The van der Waals surface area contributed by atoms with E-state index in [1.807, 2.05) is 44.2 Å². The lowest BCUT2D eigenvalue weighted by Gasteiger charge is -2.12. The second kappa shape index (κ2) is 7.47. The standard InChI is InChI=1S/C20H25N3O2/c1-4-24-18-10-15-9-14(3)25-19(15)11-16(18)12-22-20(21)23-17-7-5-6-13(2)8-17/h5-8,10-11,14H,4,9,12H2,1-3H3,(H3,21,22,23). The molecule has 0 bridgehead atoms. The third-order valence-corrected chi connectivity index (χ3v) is 4.09. The molecule has 132 valence electrons. The molecule has 2 aromatic carbocycles. The number of benzene rings is 2. The van der Waals surface area contributed by atoms with Crippen LogP contribution in [0.3, 0.4) is 0 Å². The van der Waals surface area contributed by atoms with E-state index in [9.17, 15) is 0 Å². The summed E-state index contributed by atoms with van der Waals surface area (Å²) in [5.41, 5.74) is 10.3. The summed E-state index contributed by atoms with van der Waals surface area (Å²) in [6, 6.07) is 12.1. The van der Waals surface area contributed by atoms with Gasteiger partial charge in [-0.25, -0.2) is 4.99 Å². The number of nitrogens with zero attached hydrogens (tertiary/aromatic N) is 1. The lowest BCUT2D eigenvalue weighted by Crippen LogP contribution is -2.22. The van der Waals surface area contributed by atoms with Crippen LogP contribution in [0.4, 0.5) is 5.69 Å². The van der Waals surface area contributed by atoms with Gasteiger partial charge < -0.3 is 20.5 Å². The quantitative estimate of drug-likeness (QED) is 0.644. The third kappa shape index (κ3) is 4.24. The number of fused-ring (bicyclic) bond motifs is 1. The molecular formula is C20H25N3O2. The highest BCUT2D eigenvalue weighted by atomic mass is 16.5. The lowest BCUT2D eigenvalue weighted by atomic mass is 10.1. The predicted octanol–water partition coefficient (Wildman–Crippen LogP) is 3.64. The summed E-state index contributed by atoms with van der Waals surface area (Å²) in [6.45, 7) is 7.14. The molecule has 0 aromatic heterocycles. The molecule has 1 heterocycles. The lowest BCUT2D eigenvalue weighted by molar-refractivity contribution is 0.254. The highest BCUT2D eigenvalue weighted by molar-refractivity contribution is 5.92. The van der Waals surface area contributed by atoms with Gasteiger partial charge in [0.15, 0.2) is 5.96 Å². The molecule has 1 aliphatic rings. The van der Waals surface area contributed by atoms with Gasteiger partial charge in [-0.15, -0.1) is 0 Å². The molecule has 0 aliphatic carbocycles. The minimum atomic E-state index is 0.205. The Balaban J connectivity index is 1.76. The van der Waals surface area contributed by atoms with E-state index in [2.05, 4.69) is 23.3 Å². The molecule has 3 rings (SSSR count). The summed E-state index contributed by atoms with van der Waals surface area (Å²) < 4.78 is 11.6. The van der Waals surface area contributed by atoms with Crippen LogP contribution < -0.4 is 20.5 Å². The molecule has 5 nitrogen and oxygen atoms in total. The van der Waals surface area contributed by atoms with Gasteiger partial charge in [-0.3, -0.25) is 0 Å². The molecule has 25 heavy (non-hydrogen) atoms. The topological polar surface area (TPSA) is 68.9 Å². The maximum atomic E-state index is 6.03. The molecule has 3 N–H and O–H groups in total. The number of nitrogens with two attached hydrogens (primary N) is 1. The van der Waals surface area contributed by atoms with E-state index in [1.54, 1.807) is 0 Å². The van der Waals surface area contributed by atoms with Gasteiger partial charge in [0.05, 0.1) is 13.2 Å². The van der Waals surface area contributed by atoms with Crippen molar-refractivity contribution in [1.82, 2.24) is 0 Å². The van der Waals surface area contributed by atoms with Crippen molar-refractivity contribution in [2.24, 2.45) is 10.7 Å². The Labute approximate surface area is 148 Å². The zero-order valence-corrected chi connectivity index (χ0v) is 15.0. The molecule has 0 amide bonds. The van der Waals surface area contributed by atoms with Crippen LogP contribution in [0, 0.1) is 6.92 Å². The van der Waals surface area contributed by atoms with Crippen LogP contribution in [0.2, 0.25) is 0 Å². The summed E-state index contributed by atoms with van der Waals surface area (Å²) in [5, 5.41) is 3.12. The molecule has 1 unspecified atom stereocenters. The van der Waals surface area contributed by atoms with Crippen LogP contribution in [0.5, 0.6) is 11.5 Å². The van der Waals surface area contributed by atoms with Gasteiger partial charge in [-0.2, -0.15) is 0 Å². The summed E-state index contributed by atoms with van der Waals surface area (Å²) >= 11 is 0. The largest absolute Gasteiger partial charge is 0.494 e. The van der Waals surface area contributed by atoms with Crippen molar-refractivity contribution in [1.29, 1.82) is 0 Å². The van der Waals surface area contributed by atoms with Crippen molar-refractivity contribution >= 4 is 11.6 Å². The van der Waals surface area contributed by atoms with Gasteiger partial charge >= 0.3 is 0 Å². The number of anilines is 1. The van der Waals surface area contributed by atoms with Gasteiger partial charge in [0.25, 0.3) is 0 Å². The summed E-state index contributed by atoms with van der Waals surface area (Å²) in [6.07, 6.45) is 1.12. The third-order valence-electron chi connectivity index (χ3n) is 4.09. The first kappa shape index (κ1) is 17.1. The smallest absolute Gasteiger partial charge is 0.193 e. The molecule has 0 spiro atoms. The SMILES string of the molecule is CCOc1cc2c(cc1CN=C(N)Nc1cccc(C)c1)OC(C)C2. The van der Waals surface area contributed by atoms with E-state index < -0.39 is 0 Å². The number of hydrogen-bond acceptors (Lipinski definition) is 3. The van der Waals surface area contributed by atoms with E-state index in [-0.39, 0.29) is 6.10 Å². The molecule has 0 saturated carbocycles. The molecule has 0 fully saturated rings. The van der Waals surface area contributed by atoms with E-state index in [0.717, 1.165) is 29.2 Å². The second-order valence-electron chi connectivity index (χ2n) is 6.33. The first-order valence-corrected chi connectivity index (χ1v) is 8.64. The summed E-state index contributed by atoms with van der Waals surface area (Å²) in [5.74, 6) is 2.15.